The first-order valence-electron chi connectivity index (χ1n) is 4.94. The Hall–Kier alpha value is -1.11. The summed E-state index contributed by atoms with van der Waals surface area (Å²) >= 11 is 9.34. The van der Waals surface area contributed by atoms with Crippen LogP contribution in [0.3, 0.4) is 0 Å². The van der Waals surface area contributed by atoms with Gasteiger partial charge in [0.2, 0.25) is 5.89 Å². The van der Waals surface area contributed by atoms with Gasteiger partial charge in [-0.1, -0.05) is 22.8 Å². The smallest absolute Gasteiger partial charge is 0.320 e. The minimum atomic E-state index is 0.316. The maximum Gasteiger partial charge on any atom is 0.320 e. The second kappa shape index (κ2) is 5.48. The number of nitrogens with two attached hydrogens (primary N) is 1. The zero-order valence-electron chi connectivity index (χ0n) is 8.78. The summed E-state index contributed by atoms with van der Waals surface area (Å²) in [6.07, 6.45) is 0.561. The lowest BCUT2D eigenvalue weighted by molar-refractivity contribution is 0.510. The molecule has 7 heteroatoms. The van der Waals surface area contributed by atoms with E-state index in [4.69, 9.17) is 21.8 Å². The molecule has 90 valence electrons. The second-order valence-electron chi connectivity index (χ2n) is 3.27. The van der Waals surface area contributed by atoms with E-state index in [2.05, 4.69) is 31.4 Å². The molecule has 0 radical (unpaired) electrons. The van der Waals surface area contributed by atoms with E-state index in [-0.39, 0.29) is 0 Å². The first-order valence-corrected chi connectivity index (χ1v) is 6.11. The van der Waals surface area contributed by atoms with Crippen LogP contribution in [-0.2, 0) is 6.42 Å². The molecule has 17 heavy (non-hydrogen) atoms. The van der Waals surface area contributed by atoms with Gasteiger partial charge in [-0.3, -0.25) is 0 Å². The van der Waals surface area contributed by atoms with Crippen LogP contribution >= 0.6 is 27.5 Å². The van der Waals surface area contributed by atoms with Gasteiger partial charge in [-0.15, -0.1) is 5.10 Å². The van der Waals surface area contributed by atoms with Crippen molar-refractivity contribution in [2.24, 2.45) is 5.73 Å². The maximum atomic E-state index is 5.96. The van der Waals surface area contributed by atoms with Gasteiger partial charge in [0.25, 0.3) is 0 Å². The Morgan fingerprint density at radius 1 is 1.41 bits per heavy atom. The van der Waals surface area contributed by atoms with Gasteiger partial charge in [-0.25, -0.2) is 0 Å². The van der Waals surface area contributed by atoms with E-state index in [9.17, 15) is 0 Å². The first kappa shape index (κ1) is 12.3. The van der Waals surface area contributed by atoms with Crippen molar-refractivity contribution in [3.8, 4) is 0 Å². The molecule has 0 amide bonds. The topological polar surface area (TPSA) is 77.0 Å². The molecule has 0 unspecified atom stereocenters. The predicted molar refractivity (Wildman–Crippen MR) is 69.5 cm³/mol. The number of anilines is 2. The molecule has 1 heterocycles. The standard InChI is InChI=1S/C10H10BrClN4O/c11-9-6(12)2-1-3-7(9)14-10-16-15-8(17-10)4-5-13/h1-3H,4-5,13H2,(H,14,16). The zero-order chi connectivity index (χ0) is 12.3. The first-order chi connectivity index (χ1) is 8.20. The van der Waals surface area contributed by atoms with Gasteiger partial charge in [-0.2, -0.15) is 0 Å². The van der Waals surface area contributed by atoms with Crippen molar-refractivity contribution in [2.75, 3.05) is 11.9 Å². The number of nitrogens with zero attached hydrogens (tertiary/aromatic N) is 2. The Kier molecular flexibility index (Phi) is 3.98. The SMILES string of the molecule is NCCc1nnc(Nc2cccc(Cl)c2Br)o1. The normalized spacial score (nSPS) is 10.5. The van der Waals surface area contributed by atoms with Crippen molar-refractivity contribution in [2.45, 2.75) is 6.42 Å². The third-order valence-corrected chi connectivity index (χ3v) is 3.42. The fourth-order valence-corrected chi connectivity index (χ4v) is 1.78. The van der Waals surface area contributed by atoms with E-state index in [0.717, 1.165) is 10.2 Å². The fourth-order valence-electron chi connectivity index (χ4n) is 1.24. The van der Waals surface area contributed by atoms with E-state index < -0.39 is 0 Å². The molecule has 0 saturated carbocycles. The molecule has 2 aromatic rings. The van der Waals surface area contributed by atoms with E-state index in [1.165, 1.54) is 0 Å². The van der Waals surface area contributed by atoms with E-state index >= 15 is 0 Å². The Balaban J connectivity index is 2.16. The van der Waals surface area contributed by atoms with Crippen molar-refractivity contribution in [3.63, 3.8) is 0 Å². The summed E-state index contributed by atoms with van der Waals surface area (Å²) in [4.78, 5) is 0. The molecule has 0 atom stereocenters. The van der Waals surface area contributed by atoms with Gasteiger partial charge in [0, 0.05) is 13.0 Å². The number of benzene rings is 1. The average Bonchev–Trinajstić information content (AvgIpc) is 2.73. The van der Waals surface area contributed by atoms with Crippen molar-refractivity contribution in [3.05, 3.63) is 33.6 Å². The van der Waals surface area contributed by atoms with E-state index in [1.807, 2.05) is 12.1 Å². The molecule has 1 aromatic heterocycles. The molecular formula is C10H10BrClN4O. The highest BCUT2D eigenvalue weighted by Gasteiger charge is 2.08. The number of halogens is 2. The fraction of sp³-hybridized carbons (Fsp3) is 0.200. The lowest BCUT2D eigenvalue weighted by Crippen LogP contribution is -2.02. The lowest BCUT2D eigenvalue weighted by atomic mass is 10.3. The van der Waals surface area contributed by atoms with Gasteiger partial charge in [0.15, 0.2) is 0 Å². The molecule has 0 aliphatic heterocycles. The molecule has 0 spiro atoms. The molecule has 3 N–H and O–H groups in total. The minimum absolute atomic E-state index is 0.316. The van der Waals surface area contributed by atoms with Crippen molar-refractivity contribution < 1.29 is 4.42 Å². The Labute approximate surface area is 111 Å². The third kappa shape index (κ3) is 2.96. The number of aromatic nitrogens is 2. The largest absolute Gasteiger partial charge is 0.408 e. The quantitative estimate of drug-likeness (QED) is 0.906. The Morgan fingerprint density at radius 3 is 3.00 bits per heavy atom. The van der Waals surface area contributed by atoms with Gasteiger partial charge in [0.1, 0.15) is 0 Å². The van der Waals surface area contributed by atoms with Crippen molar-refractivity contribution in [1.29, 1.82) is 0 Å². The lowest BCUT2D eigenvalue weighted by Gasteiger charge is -2.04. The molecular weight excluding hydrogens is 307 g/mol. The molecule has 0 saturated heterocycles. The van der Waals surface area contributed by atoms with Crippen LogP contribution in [0.15, 0.2) is 27.1 Å². The van der Waals surface area contributed by atoms with Crippen molar-refractivity contribution in [1.82, 2.24) is 10.2 Å². The summed E-state index contributed by atoms with van der Waals surface area (Å²) in [5.74, 6) is 0.508. The van der Waals surface area contributed by atoms with Crippen LogP contribution < -0.4 is 11.1 Å². The minimum Gasteiger partial charge on any atom is -0.408 e. The molecule has 1 aromatic carbocycles. The van der Waals surface area contributed by atoms with Crippen LogP contribution in [0.5, 0.6) is 0 Å². The summed E-state index contributed by atoms with van der Waals surface area (Å²) < 4.78 is 6.10. The highest BCUT2D eigenvalue weighted by Crippen LogP contribution is 2.31. The third-order valence-electron chi connectivity index (χ3n) is 2.02. The number of nitrogens with one attached hydrogen (secondary N) is 1. The van der Waals surface area contributed by atoms with Crippen LogP contribution in [0.25, 0.3) is 0 Å². The van der Waals surface area contributed by atoms with Crippen LogP contribution in [0.1, 0.15) is 5.89 Å². The van der Waals surface area contributed by atoms with Crippen LogP contribution in [0.2, 0.25) is 5.02 Å². The number of hydrogen-bond donors (Lipinski definition) is 2. The summed E-state index contributed by atoms with van der Waals surface area (Å²) in [5.41, 5.74) is 6.16. The van der Waals surface area contributed by atoms with Crippen LogP contribution in [0.4, 0.5) is 11.7 Å². The molecule has 0 bridgehead atoms. The summed E-state index contributed by atoms with van der Waals surface area (Å²) in [6.45, 7) is 0.475. The Morgan fingerprint density at radius 2 is 2.24 bits per heavy atom. The summed E-state index contributed by atoms with van der Waals surface area (Å²) in [5, 5.41) is 11.3. The molecule has 0 fully saturated rings. The molecule has 0 aliphatic rings. The van der Waals surface area contributed by atoms with E-state index in [0.29, 0.717) is 29.9 Å². The summed E-state index contributed by atoms with van der Waals surface area (Å²) in [7, 11) is 0. The van der Waals surface area contributed by atoms with Gasteiger partial charge in [0.05, 0.1) is 15.2 Å². The van der Waals surface area contributed by atoms with Gasteiger partial charge in [-0.05, 0) is 28.1 Å². The summed E-state index contributed by atoms with van der Waals surface area (Å²) in [6, 6.07) is 5.77. The molecule has 2 rings (SSSR count). The van der Waals surface area contributed by atoms with Gasteiger partial charge >= 0.3 is 6.01 Å². The zero-order valence-corrected chi connectivity index (χ0v) is 11.1. The molecule has 5 nitrogen and oxygen atoms in total. The van der Waals surface area contributed by atoms with Crippen molar-refractivity contribution >= 4 is 39.2 Å². The number of rotatable bonds is 4. The number of hydrogen-bond acceptors (Lipinski definition) is 5. The van der Waals surface area contributed by atoms with E-state index in [1.54, 1.807) is 6.07 Å². The maximum absolute atomic E-state index is 5.96. The highest BCUT2D eigenvalue weighted by atomic mass is 79.9. The predicted octanol–water partition coefficient (Wildman–Crippen LogP) is 2.73. The Bertz CT molecular complexity index is 517. The average molecular weight is 318 g/mol. The molecule has 0 aliphatic carbocycles. The van der Waals surface area contributed by atoms with Gasteiger partial charge < -0.3 is 15.5 Å². The monoisotopic (exact) mass is 316 g/mol. The second-order valence-corrected chi connectivity index (χ2v) is 4.47. The van der Waals surface area contributed by atoms with Crippen LogP contribution in [-0.4, -0.2) is 16.7 Å². The highest BCUT2D eigenvalue weighted by molar-refractivity contribution is 9.10. The van der Waals surface area contributed by atoms with Crippen LogP contribution in [0, 0.1) is 0 Å².